The van der Waals surface area contributed by atoms with Gasteiger partial charge < -0.3 is 10.6 Å². The first-order valence-electron chi connectivity index (χ1n) is 5.27. The van der Waals surface area contributed by atoms with Crippen molar-refractivity contribution >= 4 is 9.84 Å². The SMILES string of the molecule is NCCCCCN1CCS(=O)(=O)CC1. The molecular formula is C9H20N2O2S. The number of unbranched alkanes of at least 4 members (excludes halogenated alkanes) is 2. The van der Waals surface area contributed by atoms with Crippen LogP contribution in [0.25, 0.3) is 0 Å². The molecule has 0 aliphatic carbocycles. The average Bonchev–Trinajstić information content (AvgIpc) is 2.15. The van der Waals surface area contributed by atoms with Crippen LogP contribution in [-0.4, -0.2) is 51.0 Å². The lowest BCUT2D eigenvalue weighted by Gasteiger charge is -2.26. The van der Waals surface area contributed by atoms with E-state index in [0.717, 1.165) is 32.4 Å². The zero-order valence-corrected chi connectivity index (χ0v) is 9.43. The normalized spacial score (nSPS) is 22.4. The molecule has 1 heterocycles. The fraction of sp³-hybridized carbons (Fsp3) is 1.00. The lowest BCUT2D eigenvalue weighted by molar-refractivity contribution is 0.288. The second kappa shape index (κ2) is 5.68. The summed E-state index contributed by atoms with van der Waals surface area (Å²) in [7, 11) is -2.71. The van der Waals surface area contributed by atoms with Crippen LogP contribution in [0.15, 0.2) is 0 Å². The summed E-state index contributed by atoms with van der Waals surface area (Å²) in [4.78, 5) is 2.23. The summed E-state index contributed by atoms with van der Waals surface area (Å²) in [6.07, 6.45) is 3.36. The quantitative estimate of drug-likeness (QED) is 0.654. The molecule has 1 aliphatic rings. The van der Waals surface area contributed by atoms with Gasteiger partial charge in [0.05, 0.1) is 11.5 Å². The van der Waals surface area contributed by atoms with Crippen molar-refractivity contribution in [3.05, 3.63) is 0 Å². The van der Waals surface area contributed by atoms with Gasteiger partial charge in [-0.05, 0) is 25.9 Å². The second-order valence-corrected chi connectivity index (χ2v) is 6.15. The van der Waals surface area contributed by atoms with Crippen LogP contribution >= 0.6 is 0 Å². The minimum atomic E-state index is -2.71. The summed E-state index contributed by atoms with van der Waals surface area (Å²) in [6.45, 7) is 3.21. The van der Waals surface area contributed by atoms with Crippen molar-refractivity contribution in [1.29, 1.82) is 0 Å². The number of hydrogen-bond acceptors (Lipinski definition) is 4. The van der Waals surface area contributed by atoms with Crippen LogP contribution in [0.5, 0.6) is 0 Å². The van der Waals surface area contributed by atoms with Crippen molar-refractivity contribution in [1.82, 2.24) is 4.90 Å². The highest BCUT2D eigenvalue weighted by Crippen LogP contribution is 2.05. The van der Waals surface area contributed by atoms with E-state index in [4.69, 9.17) is 5.73 Å². The summed E-state index contributed by atoms with van der Waals surface area (Å²) in [5.74, 6) is 0.674. The van der Waals surface area contributed by atoms with Gasteiger partial charge in [-0.25, -0.2) is 8.42 Å². The van der Waals surface area contributed by atoms with Crippen molar-refractivity contribution < 1.29 is 8.42 Å². The number of nitrogens with zero attached hydrogens (tertiary/aromatic N) is 1. The van der Waals surface area contributed by atoms with Gasteiger partial charge in [-0.3, -0.25) is 0 Å². The predicted molar refractivity (Wildman–Crippen MR) is 58.0 cm³/mol. The molecule has 4 nitrogen and oxygen atoms in total. The molecule has 14 heavy (non-hydrogen) atoms. The molecule has 0 aromatic heterocycles. The van der Waals surface area contributed by atoms with Gasteiger partial charge in [0.1, 0.15) is 0 Å². The monoisotopic (exact) mass is 220 g/mol. The molecule has 1 saturated heterocycles. The van der Waals surface area contributed by atoms with E-state index in [0.29, 0.717) is 24.6 Å². The zero-order chi connectivity index (χ0) is 10.4. The molecule has 0 bridgehead atoms. The molecule has 1 fully saturated rings. The predicted octanol–water partition coefficient (Wildman–Crippen LogP) is -0.154. The fourth-order valence-corrected chi connectivity index (χ4v) is 2.91. The van der Waals surface area contributed by atoms with Crippen molar-refractivity contribution in [2.24, 2.45) is 5.73 Å². The van der Waals surface area contributed by atoms with Gasteiger partial charge in [0.15, 0.2) is 9.84 Å². The Morgan fingerprint density at radius 2 is 1.71 bits per heavy atom. The maximum atomic E-state index is 11.1. The second-order valence-electron chi connectivity index (χ2n) is 3.84. The van der Waals surface area contributed by atoms with Gasteiger partial charge in [-0.2, -0.15) is 0 Å². The summed E-state index contributed by atoms with van der Waals surface area (Å²) in [5, 5.41) is 0. The van der Waals surface area contributed by atoms with Crippen LogP contribution < -0.4 is 5.73 Å². The average molecular weight is 220 g/mol. The minimum Gasteiger partial charge on any atom is -0.330 e. The fourth-order valence-electron chi connectivity index (χ4n) is 1.63. The molecule has 0 atom stereocenters. The molecule has 5 heteroatoms. The number of sulfone groups is 1. The molecule has 1 aliphatic heterocycles. The largest absolute Gasteiger partial charge is 0.330 e. The maximum absolute atomic E-state index is 11.1. The van der Waals surface area contributed by atoms with Crippen molar-refractivity contribution in [2.75, 3.05) is 37.7 Å². The Kier molecular flexibility index (Phi) is 4.84. The molecule has 0 aromatic rings. The van der Waals surface area contributed by atoms with Crippen LogP contribution in [0.4, 0.5) is 0 Å². The Morgan fingerprint density at radius 1 is 1.07 bits per heavy atom. The van der Waals surface area contributed by atoms with Crippen molar-refractivity contribution in [2.45, 2.75) is 19.3 Å². The van der Waals surface area contributed by atoms with E-state index in [-0.39, 0.29) is 0 Å². The first kappa shape index (κ1) is 11.9. The van der Waals surface area contributed by atoms with E-state index in [1.807, 2.05) is 0 Å². The van der Waals surface area contributed by atoms with E-state index >= 15 is 0 Å². The third kappa shape index (κ3) is 4.39. The maximum Gasteiger partial charge on any atom is 0.152 e. The summed E-state index contributed by atoms with van der Waals surface area (Å²) >= 11 is 0. The van der Waals surface area contributed by atoms with E-state index in [1.54, 1.807) is 0 Å². The van der Waals surface area contributed by atoms with Crippen molar-refractivity contribution in [3.63, 3.8) is 0 Å². The first-order valence-corrected chi connectivity index (χ1v) is 7.09. The Labute approximate surface area is 86.4 Å². The van der Waals surface area contributed by atoms with Crippen LogP contribution in [0, 0.1) is 0 Å². The molecule has 0 saturated carbocycles. The van der Waals surface area contributed by atoms with Gasteiger partial charge in [0.2, 0.25) is 0 Å². The van der Waals surface area contributed by atoms with Crippen molar-refractivity contribution in [3.8, 4) is 0 Å². The lowest BCUT2D eigenvalue weighted by atomic mass is 10.2. The molecule has 0 radical (unpaired) electrons. The third-order valence-electron chi connectivity index (χ3n) is 2.62. The summed E-state index contributed by atoms with van der Waals surface area (Å²) in [5.41, 5.74) is 5.39. The topological polar surface area (TPSA) is 63.4 Å². The molecule has 0 unspecified atom stereocenters. The highest BCUT2D eigenvalue weighted by Gasteiger charge is 2.20. The number of rotatable bonds is 5. The van der Waals surface area contributed by atoms with E-state index < -0.39 is 9.84 Å². The first-order chi connectivity index (χ1) is 6.64. The minimum absolute atomic E-state index is 0.337. The van der Waals surface area contributed by atoms with E-state index in [1.165, 1.54) is 0 Å². The van der Waals surface area contributed by atoms with Gasteiger partial charge in [0.25, 0.3) is 0 Å². The van der Waals surface area contributed by atoms with Crippen LogP contribution in [-0.2, 0) is 9.84 Å². The molecule has 1 rings (SSSR count). The Bertz CT molecular complexity index is 238. The molecule has 2 N–H and O–H groups in total. The van der Waals surface area contributed by atoms with Gasteiger partial charge in [-0.15, -0.1) is 0 Å². The van der Waals surface area contributed by atoms with Gasteiger partial charge in [0, 0.05) is 13.1 Å². The van der Waals surface area contributed by atoms with Crippen LogP contribution in [0.2, 0.25) is 0 Å². The molecular weight excluding hydrogens is 200 g/mol. The van der Waals surface area contributed by atoms with E-state index in [9.17, 15) is 8.42 Å². The third-order valence-corrected chi connectivity index (χ3v) is 4.22. The van der Waals surface area contributed by atoms with Gasteiger partial charge >= 0.3 is 0 Å². The summed E-state index contributed by atoms with van der Waals surface area (Å²) < 4.78 is 22.3. The molecule has 0 aromatic carbocycles. The Balaban J connectivity index is 2.10. The van der Waals surface area contributed by atoms with Crippen LogP contribution in [0.1, 0.15) is 19.3 Å². The standard InChI is InChI=1S/C9H20N2O2S/c10-4-2-1-3-5-11-6-8-14(12,13)9-7-11/h1-10H2. The Morgan fingerprint density at radius 3 is 2.29 bits per heavy atom. The zero-order valence-electron chi connectivity index (χ0n) is 8.61. The smallest absolute Gasteiger partial charge is 0.152 e. The van der Waals surface area contributed by atoms with Gasteiger partial charge in [-0.1, -0.05) is 6.42 Å². The number of hydrogen-bond donors (Lipinski definition) is 1. The number of nitrogens with two attached hydrogens (primary N) is 1. The molecule has 84 valence electrons. The molecule has 0 amide bonds. The molecule has 0 spiro atoms. The summed E-state index contributed by atoms with van der Waals surface area (Å²) in [6, 6.07) is 0. The highest BCUT2D eigenvalue weighted by atomic mass is 32.2. The van der Waals surface area contributed by atoms with E-state index in [2.05, 4.69) is 4.90 Å². The highest BCUT2D eigenvalue weighted by molar-refractivity contribution is 7.91. The Hall–Kier alpha value is -0.130. The lowest BCUT2D eigenvalue weighted by Crippen LogP contribution is -2.40. The van der Waals surface area contributed by atoms with Crippen LogP contribution in [0.3, 0.4) is 0 Å².